The van der Waals surface area contributed by atoms with Crippen molar-refractivity contribution >= 4 is 36.8 Å². The summed E-state index contributed by atoms with van der Waals surface area (Å²) in [6.07, 6.45) is 0. The predicted octanol–water partition coefficient (Wildman–Crippen LogP) is -0.615. The maximum Gasteiger partial charge on any atom is 1.00 e. The van der Waals surface area contributed by atoms with Crippen molar-refractivity contribution in [3.63, 3.8) is 0 Å². The van der Waals surface area contributed by atoms with E-state index in [0.717, 1.165) is 0 Å². The average Bonchev–Trinajstić information content (AvgIpc) is 0.811. The predicted molar refractivity (Wildman–Crippen MR) is 17.1 cm³/mol. The van der Waals surface area contributed by atoms with Crippen LogP contribution in [0.5, 0.6) is 0 Å². The van der Waals surface area contributed by atoms with Gasteiger partial charge in [0, 0.05) is 30.5 Å². The van der Waals surface area contributed by atoms with Crippen molar-refractivity contribution in [1.29, 1.82) is 0 Å². The zero-order chi connectivity index (χ0) is 3.58. The first-order valence-corrected chi connectivity index (χ1v) is 1.55. The van der Waals surface area contributed by atoms with E-state index in [2.05, 4.69) is 0 Å². The molecule has 0 aromatic rings. The molecule has 30 valence electrons. The zero-order valence-electron chi connectivity index (χ0n) is 2.96. The van der Waals surface area contributed by atoms with Gasteiger partial charge in [0.05, 0.1) is 0 Å². The van der Waals surface area contributed by atoms with Crippen LogP contribution in [0.3, 0.4) is 0 Å². The molecule has 0 aromatic carbocycles. The Balaban J connectivity index is -0.0000000450. The normalized spacial score (nSPS) is 5.67. The van der Waals surface area contributed by atoms with Gasteiger partial charge in [0.15, 0.2) is 0 Å². The third-order valence-electron chi connectivity index (χ3n) is 0. The number of rotatable bonds is 0. The molecule has 6 heteroatoms. The molecule has 0 spiro atoms. The topological polar surface area (TPSA) is 54.4 Å². The molecule has 6 heavy (non-hydrogen) atoms. The van der Waals surface area contributed by atoms with Crippen molar-refractivity contribution in [2.75, 3.05) is 0 Å². The van der Waals surface area contributed by atoms with Gasteiger partial charge in [0.1, 0.15) is 0 Å². The van der Waals surface area contributed by atoms with E-state index in [1.165, 1.54) is 0 Å². The van der Waals surface area contributed by atoms with Crippen LogP contribution in [0, 0.1) is 0 Å². The molecule has 0 aromatic heterocycles. The summed E-state index contributed by atoms with van der Waals surface area (Å²) in [5, 5.41) is 0. The van der Waals surface area contributed by atoms with Gasteiger partial charge >= 0.3 is 25.8 Å². The van der Waals surface area contributed by atoms with Crippen LogP contribution in [0.1, 0.15) is 0 Å². The summed E-state index contributed by atoms with van der Waals surface area (Å²) in [6.45, 7) is 0. The Bertz CT molecular complexity index is 59.2. The molecule has 0 amide bonds. The van der Waals surface area contributed by atoms with Crippen LogP contribution in [0.4, 0.5) is 0 Å². The van der Waals surface area contributed by atoms with Crippen LogP contribution in [-0.2, 0) is 38.9 Å². The van der Waals surface area contributed by atoms with Crippen molar-refractivity contribution < 1.29 is 32.4 Å². The monoisotopic (exact) mass is 260 g/mol. The largest absolute Gasteiger partial charge is 1.00 e. The van der Waals surface area contributed by atoms with Gasteiger partial charge < -0.3 is 13.0 Å². The zero-order valence-corrected chi connectivity index (χ0v) is 10.0. The van der Waals surface area contributed by atoms with Crippen LogP contribution in [0.25, 0.3) is 0 Å². The summed E-state index contributed by atoms with van der Waals surface area (Å²) in [6, 6.07) is 0. The molecule has 0 aliphatic heterocycles. The summed E-state index contributed by atoms with van der Waals surface area (Å²) in [5.41, 5.74) is 0. The number of hydrogen-bond donors (Lipinski definition) is 1. The molecule has 3 nitrogen and oxygen atoms in total. The molecule has 0 aliphatic carbocycles. The van der Waals surface area contributed by atoms with Gasteiger partial charge in [-0.05, 0) is 0 Å². The van der Waals surface area contributed by atoms with Crippen LogP contribution >= 0.6 is 0 Å². The van der Waals surface area contributed by atoms with Crippen molar-refractivity contribution in [1.82, 2.24) is 0 Å². The Kier molecular flexibility index (Phi) is 25.2. The molecule has 0 unspecified atom stereocenters. The van der Waals surface area contributed by atoms with E-state index >= 15 is 0 Å². The molecule has 1 N–H and O–H groups in total. The maximum absolute atomic E-state index is 8.56. The maximum atomic E-state index is 8.56. The smallest absolute Gasteiger partial charge is 0.439 e. The quantitative estimate of drug-likeness (QED) is 0.274. The first-order valence-electron chi connectivity index (χ1n) is 0.516. The van der Waals surface area contributed by atoms with Gasteiger partial charge in [0.25, 0.3) is 0 Å². The van der Waals surface area contributed by atoms with Gasteiger partial charge in [-0.2, -0.15) is 0 Å². The van der Waals surface area contributed by atoms with E-state index in [9.17, 15) is 0 Å². The summed E-state index contributed by atoms with van der Waals surface area (Å²) in [4.78, 5) is 0. The van der Waals surface area contributed by atoms with E-state index in [0.29, 0.717) is 0 Å². The van der Waals surface area contributed by atoms with Crippen LogP contribution in [0.15, 0.2) is 0 Å². The van der Waals surface area contributed by atoms with E-state index in [-0.39, 0.29) is 45.3 Å². The molecular weight excluding hydrogens is 260 g/mol. The molecule has 0 rings (SSSR count). The Hall–Kier alpha value is 1.40. The van der Waals surface area contributed by atoms with E-state index in [4.69, 9.17) is 13.0 Å². The van der Waals surface area contributed by atoms with Crippen molar-refractivity contribution in [2.45, 2.75) is 0 Å². The Morgan fingerprint density at radius 2 is 1.33 bits per heavy atom. The SMILES string of the molecule is O=[S-](=O)O.[In+].[Zn]. The minimum absolute atomic E-state index is 0. The summed E-state index contributed by atoms with van der Waals surface area (Å²) in [7, 11) is -2.86. The van der Waals surface area contributed by atoms with Crippen LogP contribution < -0.4 is 0 Å². The molecule has 0 atom stereocenters. The molecule has 0 heterocycles. The standard InChI is InChI=1S/In.HO3S.Zn/c;1-4(2)3;/h;(H,1,2,3);/q+1;-1;. The van der Waals surface area contributed by atoms with E-state index < -0.39 is 11.0 Å². The van der Waals surface area contributed by atoms with Gasteiger partial charge in [-0.3, -0.25) is 0 Å². The Labute approximate surface area is 68.8 Å². The fraction of sp³-hybridized carbons (Fsp3) is 0. The molecule has 0 aliphatic rings. The fourth-order valence-electron chi connectivity index (χ4n) is 0. The second kappa shape index (κ2) is 9.64. The molecule has 0 saturated heterocycles. The van der Waals surface area contributed by atoms with Gasteiger partial charge in [0.2, 0.25) is 0 Å². The summed E-state index contributed by atoms with van der Waals surface area (Å²) >= 11 is 0. The first-order chi connectivity index (χ1) is 1.73. The molecule has 0 bridgehead atoms. The fourth-order valence-corrected chi connectivity index (χ4v) is 0. The van der Waals surface area contributed by atoms with E-state index in [1.807, 2.05) is 0 Å². The second-order valence-corrected chi connectivity index (χ2v) is 0.651. The molecule has 0 fully saturated rings. The van der Waals surface area contributed by atoms with Gasteiger partial charge in [-0.15, -0.1) is 0 Å². The van der Waals surface area contributed by atoms with Crippen molar-refractivity contribution in [3.05, 3.63) is 0 Å². The Morgan fingerprint density at radius 3 is 1.33 bits per heavy atom. The van der Waals surface area contributed by atoms with Crippen molar-refractivity contribution in [2.24, 2.45) is 0 Å². The van der Waals surface area contributed by atoms with Gasteiger partial charge in [-0.1, -0.05) is 0 Å². The third-order valence-corrected chi connectivity index (χ3v) is 0. The summed E-state index contributed by atoms with van der Waals surface area (Å²) in [5.74, 6) is 0. The third kappa shape index (κ3) is 53.2. The van der Waals surface area contributed by atoms with Crippen molar-refractivity contribution in [3.8, 4) is 0 Å². The first kappa shape index (κ1) is 15.7. The van der Waals surface area contributed by atoms with Gasteiger partial charge in [-0.25, -0.2) is 0 Å². The minimum atomic E-state index is -2.86. The minimum Gasteiger partial charge on any atom is -0.439 e. The van der Waals surface area contributed by atoms with Crippen LogP contribution in [0.2, 0.25) is 0 Å². The molecular formula is HInO3SZn. The molecule has 2 radical (unpaired) electrons. The van der Waals surface area contributed by atoms with Crippen LogP contribution in [-0.4, -0.2) is 30.4 Å². The Morgan fingerprint density at radius 1 is 1.33 bits per heavy atom. The second-order valence-electron chi connectivity index (χ2n) is 0.217. The number of hydrogen-bond acceptors (Lipinski definition) is 3. The average molecular weight is 261 g/mol. The summed E-state index contributed by atoms with van der Waals surface area (Å²) < 4.78 is 24.1. The molecule has 0 saturated carbocycles. The van der Waals surface area contributed by atoms with E-state index in [1.54, 1.807) is 0 Å².